The first-order chi connectivity index (χ1) is 8.77. The van der Waals surface area contributed by atoms with Crippen molar-refractivity contribution in [1.29, 1.82) is 0 Å². The molecule has 19 heavy (non-hydrogen) atoms. The molecule has 0 aliphatic rings. The average molecular weight is 287 g/mol. The Morgan fingerprint density at radius 3 is 2.58 bits per heavy atom. The second-order valence-corrected chi connectivity index (χ2v) is 5.76. The molecule has 1 atom stereocenters. The summed E-state index contributed by atoms with van der Waals surface area (Å²) in [6, 6.07) is 3.20. The van der Waals surface area contributed by atoms with E-state index in [9.17, 15) is 13.2 Å². The Balaban J connectivity index is 3.02. The number of hydrogen-bond acceptors (Lipinski definition) is 4. The zero-order chi connectivity index (χ0) is 14.6. The third kappa shape index (κ3) is 3.93. The van der Waals surface area contributed by atoms with Gasteiger partial charge >= 0.3 is 5.97 Å². The summed E-state index contributed by atoms with van der Waals surface area (Å²) in [5.74, 6) is -0.626. The average Bonchev–Trinajstić information content (AvgIpc) is 2.31. The third-order valence-corrected chi connectivity index (χ3v) is 4.00. The van der Waals surface area contributed by atoms with Crippen molar-refractivity contribution in [3.05, 3.63) is 23.8 Å². The van der Waals surface area contributed by atoms with Crippen LogP contribution < -0.4 is 9.46 Å². The van der Waals surface area contributed by atoms with E-state index in [2.05, 4.69) is 4.72 Å². The summed E-state index contributed by atoms with van der Waals surface area (Å²) in [4.78, 5) is 10.7. The highest BCUT2D eigenvalue weighted by Gasteiger charge is 2.21. The smallest absolute Gasteiger partial charge is 0.321 e. The number of carboxylic acid groups (broad SMARTS) is 1. The van der Waals surface area contributed by atoms with E-state index in [4.69, 9.17) is 9.84 Å². The molecule has 2 N–H and O–H groups in total. The van der Waals surface area contributed by atoms with Gasteiger partial charge in [-0.3, -0.25) is 4.79 Å². The minimum atomic E-state index is -3.85. The minimum absolute atomic E-state index is 0.0153. The maximum absolute atomic E-state index is 12.0. The van der Waals surface area contributed by atoms with E-state index >= 15 is 0 Å². The summed E-state index contributed by atoms with van der Waals surface area (Å²) in [5, 5.41) is 8.71. The molecule has 6 nitrogen and oxygen atoms in total. The number of benzene rings is 1. The Morgan fingerprint density at radius 2 is 2.11 bits per heavy atom. The molecule has 0 radical (unpaired) electrons. The molecule has 1 unspecified atom stereocenters. The van der Waals surface area contributed by atoms with Crippen molar-refractivity contribution >= 4 is 16.0 Å². The van der Waals surface area contributed by atoms with Crippen LogP contribution in [0.15, 0.2) is 23.1 Å². The number of nitrogens with one attached hydrogen (secondary N) is 1. The van der Waals surface area contributed by atoms with Crippen LogP contribution in [-0.4, -0.2) is 32.1 Å². The molecule has 0 heterocycles. The molecule has 0 fully saturated rings. The van der Waals surface area contributed by atoms with Crippen LogP contribution in [0.5, 0.6) is 5.75 Å². The monoisotopic (exact) mass is 287 g/mol. The molecule has 0 bridgehead atoms. The van der Waals surface area contributed by atoms with Gasteiger partial charge in [0.1, 0.15) is 11.8 Å². The normalized spacial score (nSPS) is 13.0. The first-order valence-electron chi connectivity index (χ1n) is 5.76. The molecule has 1 aromatic rings. The molecule has 0 amide bonds. The standard InChI is InChI=1S/C12H17NO5S/c1-4-18-11-6-5-10(7-8(11)2)19(16,17)13-9(3)12(14)15/h5-7,9,13H,4H2,1-3H3,(H,14,15). The molecule has 7 heteroatoms. The van der Waals surface area contributed by atoms with Crippen LogP contribution in [-0.2, 0) is 14.8 Å². The number of sulfonamides is 1. The lowest BCUT2D eigenvalue weighted by molar-refractivity contribution is -0.138. The zero-order valence-electron chi connectivity index (χ0n) is 11.0. The molecular formula is C12H17NO5S. The quantitative estimate of drug-likeness (QED) is 0.818. The van der Waals surface area contributed by atoms with Crippen molar-refractivity contribution in [3.63, 3.8) is 0 Å². The van der Waals surface area contributed by atoms with E-state index in [-0.39, 0.29) is 4.90 Å². The fourth-order valence-electron chi connectivity index (χ4n) is 1.46. The van der Waals surface area contributed by atoms with Crippen molar-refractivity contribution in [2.75, 3.05) is 6.61 Å². The van der Waals surface area contributed by atoms with Crippen molar-refractivity contribution in [1.82, 2.24) is 4.72 Å². The summed E-state index contributed by atoms with van der Waals surface area (Å²) in [6.45, 7) is 5.31. The first-order valence-corrected chi connectivity index (χ1v) is 7.25. The van der Waals surface area contributed by atoms with Crippen LogP contribution >= 0.6 is 0 Å². The molecular weight excluding hydrogens is 270 g/mol. The summed E-state index contributed by atoms with van der Waals surface area (Å²) in [5.41, 5.74) is 0.674. The Kier molecular flexibility index (Phi) is 4.90. The third-order valence-electron chi connectivity index (χ3n) is 2.46. The highest BCUT2D eigenvalue weighted by Crippen LogP contribution is 2.21. The van der Waals surface area contributed by atoms with Crippen LogP contribution in [0.3, 0.4) is 0 Å². The van der Waals surface area contributed by atoms with Gasteiger partial charge in [0.05, 0.1) is 11.5 Å². The van der Waals surface area contributed by atoms with Crippen molar-refractivity contribution < 1.29 is 23.1 Å². The van der Waals surface area contributed by atoms with Crippen LogP contribution in [0.4, 0.5) is 0 Å². The lowest BCUT2D eigenvalue weighted by Crippen LogP contribution is -2.38. The molecule has 1 rings (SSSR count). The SMILES string of the molecule is CCOc1ccc(S(=O)(=O)NC(C)C(=O)O)cc1C. The minimum Gasteiger partial charge on any atom is -0.494 e. The number of carbonyl (C=O) groups is 1. The van der Waals surface area contributed by atoms with Gasteiger partial charge in [-0.1, -0.05) is 0 Å². The number of aliphatic carboxylic acids is 1. The van der Waals surface area contributed by atoms with E-state index in [0.717, 1.165) is 0 Å². The number of rotatable bonds is 6. The zero-order valence-corrected chi connectivity index (χ0v) is 11.8. The molecule has 0 saturated heterocycles. The van der Waals surface area contributed by atoms with Gasteiger partial charge in [-0.05, 0) is 44.5 Å². The lowest BCUT2D eigenvalue weighted by Gasteiger charge is -2.12. The highest BCUT2D eigenvalue weighted by molar-refractivity contribution is 7.89. The largest absolute Gasteiger partial charge is 0.494 e. The maximum atomic E-state index is 12.0. The van der Waals surface area contributed by atoms with Gasteiger partial charge in [0.15, 0.2) is 0 Å². The van der Waals surface area contributed by atoms with E-state index in [0.29, 0.717) is 17.9 Å². The molecule has 0 aromatic heterocycles. The molecule has 0 spiro atoms. The number of carboxylic acids is 1. The van der Waals surface area contributed by atoms with Gasteiger partial charge in [-0.2, -0.15) is 4.72 Å². The van der Waals surface area contributed by atoms with Gasteiger partial charge in [-0.15, -0.1) is 0 Å². The predicted molar refractivity (Wildman–Crippen MR) is 69.8 cm³/mol. The Hall–Kier alpha value is -1.60. The fourth-order valence-corrected chi connectivity index (χ4v) is 2.74. The molecule has 0 aliphatic carbocycles. The van der Waals surface area contributed by atoms with E-state index in [1.165, 1.54) is 19.1 Å². The fraction of sp³-hybridized carbons (Fsp3) is 0.417. The molecule has 1 aromatic carbocycles. The van der Waals surface area contributed by atoms with Crippen LogP contribution in [0.25, 0.3) is 0 Å². The summed E-state index contributed by atoms with van der Waals surface area (Å²) in [7, 11) is -3.85. The number of ether oxygens (including phenoxy) is 1. The summed E-state index contributed by atoms with van der Waals surface area (Å²) in [6.07, 6.45) is 0. The second kappa shape index (κ2) is 6.03. The topological polar surface area (TPSA) is 92.7 Å². The van der Waals surface area contributed by atoms with Crippen LogP contribution in [0.2, 0.25) is 0 Å². The first kappa shape index (κ1) is 15.5. The Bertz CT molecular complexity index is 567. The van der Waals surface area contributed by atoms with E-state index in [1.807, 2.05) is 6.92 Å². The summed E-state index contributed by atoms with van der Waals surface area (Å²) >= 11 is 0. The van der Waals surface area contributed by atoms with Gasteiger partial charge < -0.3 is 9.84 Å². The maximum Gasteiger partial charge on any atom is 0.321 e. The van der Waals surface area contributed by atoms with Crippen molar-refractivity contribution in [2.45, 2.75) is 31.7 Å². The van der Waals surface area contributed by atoms with Crippen molar-refractivity contribution in [2.24, 2.45) is 0 Å². The number of aryl methyl sites for hydroxylation is 1. The second-order valence-electron chi connectivity index (χ2n) is 4.04. The van der Waals surface area contributed by atoms with Crippen LogP contribution in [0, 0.1) is 6.92 Å². The summed E-state index contributed by atoms with van der Waals surface area (Å²) < 4.78 is 31.3. The highest BCUT2D eigenvalue weighted by atomic mass is 32.2. The Labute approximate surface area is 112 Å². The number of hydrogen-bond donors (Lipinski definition) is 2. The van der Waals surface area contributed by atoms with Crippen molar-refractivity contribution in [3.8, 4) is 5.75 Å². The van der Waals surface area contributed by atoms with E-state index in [1.54, 1.807) is 13.0 Å². The van der Waals surface area contributed by atoms with Gasteiger partial charge in [0.25, 0.3) is 0 Å². The lowest BCUT2D eigenvalue weighted by atomic mass is 10.2. The predicted octanol–water partition coefficient (Wildman–Crippen LogP) is 1.15. The molecule has 0 saturated carbocycles. The van der Waals surface area contributed by atoms with Gasteiger partial charge in [-0.25, -0.2) is 8.42 Å². The Morgan fingerprint density at radius 1 is 1.47 bits per heavy atom. The van der Waals surface area contributed by atoms with E-state index < -0.39 is 22.0 Å². The molecule has 0 aliphatic heterocycles. The molecule has 106 valence electrons. The van der Waals surface area contributed by atoms with Gasteiger partial charge in [0, 0.05) is 0 Å². The van der Waals surface area contributed by atoms with Gasteiger partial charge in [0.2, 0.25) is 10.0 Å². The van der Waals surface area contributed by atoms with Crippen LogP contribution in [0.1, 0.15) is 19.4 Å².